The number of hydrogen-bond donors (Lipinski definition) is 3. The number of hydrogen-bond acceptors (Lipinski definition) is 9. The van der Waals surface area contributed by atoms with Crippen LogP contribution in [0.2, 0.25) is 0 Å². The topological polar surface area (TPSA) is 149 Å². The van der Waals surface area contributed by atoms with Crippen LogP contribution in [0.3, 0.4) is 0 Å². The molecule has 0 spiro atoms. The van der Waals surface area contributed by atoms with Gasteiger partial charge in [-0.15, -0.1) is 0 Å². The minimum Gasteiger partial charge on any atom is -0.462 e. The van der Waals surface area contributed by atoms with Gasteiger partial charge in [0.1, 0.15) is 12.7 Å². The van der Waals surface area contributed by atoms with Crippen LogP contribution >= 0.6 is 7.82 Å². The fourth-order valence-corrected chi connectivity index (χ4v) is 8.60. The van der Waals surface area contributed by atoms with Crippen molar-refractivity contribution in [1.29, 1.82) is 0 Å². The summed E-state index contributed by atoms with van der Waals surface area (Å²) in [7, 11) is -4.63. The number of ether oxygens (including phenoxy) is 2. The molecular formula is C56H103O10P. The zero-order chi connectivity index (χ0) is 49.0. The summed E-state index contributed by atoms with van der Waals surface area (Å²) in [5, 5.41) is 18.4. The van der Waals surface area contributed by atoms with Crippen molar-refractivity contribution >= 4 is 19.8 Å². The fraction of sp³-hybridized carbons (Fsp3) is 0.821. The Morgan fingerprint density at radius 3 is 1.24 bits per heavy atom. The van der Waals surface area contributed by atoms with E-state index in [-0.39, 0.29) is 19.4 Å². The second kappa shape index (κ2) is 51.8. The van der Waals surface area contributed by atoms with E-state index in [2.05, 4.69) is 62.5 Å². The first kappa shape index (κ1) is 64.9. The standard InChI is InChI=1S/C56H103O10P/c1-3-5-7-9-11-13-15-17-19-21-23-25-26-28-30-32-34-36-38-40-42-44-46-48-56(60)66-54(52-65-67(61,62)64-50-53(58)49-57)51-63-55(59)47-45-43-41-39-37-35-33-31-29-27-24-22-20-18-16-14-12-10-8-6-4-2/h5,7,11,13,17,19,23,25,53-54,57-58H,3-4,6,8-10,12,14-16,18,20-22,24,26-52H2,1-2H3,(H,61,62)/b7-5-,13-11-,19-17-,25-23-. The van der Waals surface area contributed by atoms with E-state index in [1.165, 1.54) is 148 Å². The molecule has 3 unspecified atom stereocenters. The van der Waals surface area contributed by atoms with Gasteiger partial charge in [0.2, 0.25) is 0 Å². The van der Waals surface area contributed by atoms with Crippen molar-refractivity contribution in [1.82, 2.24) is 0 Å². The molecule has 0 aliphatic rings. The number of phosphoric acid groups is 1. The van der Waals surface area contributed by atoms with Crippen molar-refractivity contribution in [2.24, 2.45) is 0 Å². The number of esters is 2. The van der Waals surface area contributed by atoms with Gasteiger partial charge in [-0.2, -0.15) is 0 Å². The van der Waals surface area contributed by atoms with Crippen molar-refractivity contribution in [2.45, 2.75) is 270 Å². The molecule has 0 amide bonds. The predicted octanol–water partition coefficient (Wildman–Crippen LogP) is 16.0. The van der Waals surface area contributed by atoms with Gasteiger partial charge in [0, 0.05) is 12.8 Å². The monoisotopic (exact) mass is 967 g/mol. The van der Waals surface area contributed by atoms with Gasteiger partial charge in [0.15, 0.2) is 6.10 Å². The van der Waals surface area contributed by atoms with E-state index in [1.807, 2.05) is 0 Å². The first-order valence-corrected chi connectivity index (χ1v) is 29.1. The molecule has 0 rings (SSSR count). The molecule has 0 bridgehead atoms. The molecule has 3 atom stereocenters. The molecule has 0 saturated carbocycles. The molecule has 0 aromatic heterocycles. The number of carbonyl (C=O) groups excluding carboxylic acids is 2. The zero-order valence-electron chi connectivity index (χ0n) is 43.1. The fourth-order valence-electron chi connectivity index (χ4n) is 7.81. The second-order valence-corrected chi connectivity index (χ2v) is 20.0. The van der Waals surface area contributed by atoms with E-state index in [0.717, 1.165) is 70.6 Å². The predicted molar refractivity (Wildman–Crippen MR) is 279 cm³/mol. The Bertz CT molecular complexity index is 1250. The van der Waals surface area contributed by atoms with Crippen molar-refractivity contribution < 1.29 is 47.8 Å². The molecular weight excluding hydrogens is 864 g/mol. The smallest absolute Gasteiger partial charge is 0.462 e. The Kier molecular flexibility index (Phi) is 50.2. The molecule has 0 aliphatic carbocycles. The summed E-state index contributed by atoms with van der Waals surface area (Å²) in [6.07, 6.45) is 59.4. The van der Waals surface area contributed by atoms with Crippen LogP contribution in [0.15, 0.2) is 48.6 Å². The SMILES string of the molecule is CC/C=C\C/C=C\C/C=C\C/C=C\CCCCCCCCCCCCC(=O)OC(COC(=O)CCCCCCCCCCCCCCCCCCCCCCC)COP(=O)(O)OCC(O)CO. The minimum absolute atomic E-state index is 0.180. The lowest BCUT2D eigenvalue weighted by molar-refractivity contribution is -0.161. The highest BCUT2D eigenvalue weighted by Gasteiger charge is 2.27. The number of aliphatic hydroxyl groups excluding tert-OH is 2. The molecule has 0 radical (unpaired) electrons. The van der Waals surface area contributed by atoms with E-state index in [4.69, 9.17) is 23.6 Å². The van der Waals surface area contributed by atoms with Gasteiger partial charge in [0.25, 0.3) is 0 Å². The Morgan fingerprint density at radius 1 is 0.463 bits per heavy atom. The maximum absolute atomic E-state index is 12.7. The molecule has 3 N–H and O–H groups in total. The third kappa shape index (κ3) is 51.6. The van der Waals surface area contributed by atoms with Crippen LogP contribution in [-0.2, 0) is 32.7 Å². The molecule has 0 saturated heterocycles. The molecule has 0 aromatic rings. The lowest BCUT2D eigenvalue weighted by atomic mass is 10.0. The van der Waals surface area contributed by atoms with Crippen molar-refractivity contribution in [3.05, 3.63) is 48.6 Å². The van der Waals surface area contributed by atoms with Gasteiger partial charge < -0.3 is 24.6 Å². The number of aliphatic hydroxyl groups is 2. The summed E-state index contributed by atoms with van der Waals surface area (Å²) in [4.78, 5) is 35.3. The van der Waals surface area contributed by atoms with Crippen LogP contribution in [0.1, 0.15) is 258 Å². The van der Waals surface area contributed by atoms with Crippen LogP contribution in [0.4, 0.5) is 0 Å². The van der Waals surface area contributed by atoms with Crippen LogP contribution in [0, 0.1) is 0 Å². The number of rotatable bonds is 52. The average Bonchev–Trinajstić information content (AvgIpc) is 3.32. The maximum Gasteiger partial charge on any atom is 0.472 e. The lowest BCUT2D eigenvalue weighted by Crippen LogP contribution is -2.29. The van der Waals surface area contributed by atoms with Gasteiger partial charge in [-0.05, 0) is 51.4 Å². The van der Waals surface area contributed by atoms with Crippen molar-refractivity contribution in [3.8, 4) is 0 Å². The minimum atomic E-state index is -4.63. The van der Waals surface area contributed by atoms with E-state index in [9.17, 15) is 24.2 Å². The van der Waals surface area contributed by atoms with Crippen molar-refractivity contribution in [2.75, 3.05) is 26.4 Å². The maximum atomic E-state index is 12.7. The average molecular weight is 967 g/mol. The number of phosphoric ester groups is 1. The molecule has 11 heteroatoms. The van der Waals surface area contributed by atoms with Crippen LogP contribution in [-0.4, -0.2) is 65.7 Å². The molecule has 0 aliphatic heterocycles. The van der Waals surface area contributed by atoms with E-state index >= 15 is 0 Å². The highest BCUT2D eigenvalue weighted by molar-refractivity contribution is 7.47. The Morgan fingerprint density at radius 2 is 0.821 bits per heavy atom. The number of allylic oxidation sites excluding steroid dienone is 8. The Labute approximate surface area is 411 Å². The van der Waals surface area contributed by atoms with Gasteiger partial charge in [-0.3, -0.25) is 18.6 Å². The summed E-state index contributed by atoms with van der Waals surface area (Å²) in [5.74, 6) is -0.918. The number of unbranched alkanes of at least 4 members (excludes halogenated alkanes) is 30. The molecule has 0 aromatic carbocycles. The van der Waals surface area contributed by atoms with Crippen LogP contribution < -0.4 is 0 Å². The third-order valence-corrected chi connectivity index (χ3v) is 12.9. The summed E-state index contributed by atoms with van der Waals surface area (Å²) < 4.78 is 33.0. The summed E-state index contributed by atoms with van der Waals surface area (Å²) in [6.45, 7) is 2.32. The summed E-state index contributed by atoms with van der Waals surface area (Å²) in [5.41, 5.74) is 0. The van der Waals surface area contributed by atoms with Gasteiger partial charge in [0.05, 0.1) is 19.8 Å². The van der Waals surface area contributed by atoms with E-state index in [1.54, 1.807) is 0 Å². The molecule has 0 fully saturated rings. The number of carbonyl (C=O) groups is 2. The Balaban J connectivity index is 4.12. The summed E-state index contributed by atoms with van der Waals surface area (Å²) in [6, 6.07) is 0. The lowest BCUT2D eigenvalue weighted by Gasteiger charge is -2.20. The van der Waals surface area contributed by atoms with Crippen LogP contribution in [0.5, 0.6) is 0 Å². The molecule has 392 valence electrons. The first-order valence-electron chi connectivity index (χ1n) is 27.6. The van der Waals surface area contributed by atoms with Gasteiger partial charge in [-0.1, -0.05) is 242 Å². The highest BCUT2D eigenvalue weighted by Crippen LogP contribution is 2.43. The van der Waals surface area contributed by atoms with Gasteiger partial charge in [-0.25, -0.2) is 4.57 Å². The quantitative estimate of drug-likeness (QED) is 0.0233. The largest absolute Gasteiger partial charge is 0.472 e. The second-order valence-electron chi connectivity index (χ2n) is 18.6. The molecule has 67 heavy (non-hydrogen) atoms. The van der Waals surface area contributed by atoms with E-state index in [0.29, 0.717) is 12.8 Å². The molecule has 10 nitrogen and oxygen atoms in total. The van der Waals surface area contributed by atoms with Gasteiger partial charge >= 0.3 is 19.8 Å². The first-order chi connectivity index (χ1) is 32.7. The highest BCUT2D eigenvalue weighted by atomic mass is 31.2. The van der Waals surface area contributed by atoms with Crippen LogP contribution in [0.25, 0.3) is 0 Å². The van der Waals surface area contributed by atoms with Crippen molar-refractivity contribution in [3.63, 3.8) is 0 Å². The summed E-state index contributed by atoms with van der Waals surface area (Å²) >= 11 is 0. The third-order valence-electron chi connectivity index (χ3n) is 12.0. The normalized spacial score (nSPS) is 13.9. The zero-order valence-corrected chi connectivity index (χ0v) is 44.0. The molecule has 0 heterocycles. The van der Waals surface area contributed by atoms with E-state index < -0.39 is 51.8 Å². The Hall–Kier alpha value is -2.07.